The van der Waals surface area contributed by atoms with Gasteiger partial charge in [-0.15, -0.1) is 0 Å². The highest BCUT2D eigenvalue weighted by Gasteiger charge is 2.23. The van der Waals surface area contributed by atoms with Crippen LogP contribution in [0.1, 0.15) is 22.6 Å². The third kappa shape index (κ3) is 4.45. The van der Waals surface area contributed by atoms with E-state index in [1.807, 2.05) is 12.1 Å². The molecule has 3 aromatic rings. The number of pyridine rings is 1. The maximum atomic E-state index is 12.5. The number of carbonyl (C=O) groups excluding carboxylic acids is 1. The Morgan fingerprint density at radius 1 is 1.13 bits per heavy atom. The third-order valence-corrected chi connectivity index (χ3v) is 4.23. The molecule has 3 rings (SSSR count). The number of carboxylic acids is 1. The molecule has 0 bridgehead atoms. The van der Waals surface area contributed by atoms with Gasteiger partial charge in [0.2, 0.25) is 0 Å². The third-order valence-electron chi connectivity index (χ3n) is 4.23. The van der Waals surface area contributed by atoms with Crippen LogP contribution in [0.4, 0.5) is 0 Å². The molecule has 1 heterocycles. The number of rotatable bonds is 7. The van der Waals surface area contributed by atoms with Crippen molar-refractivity contribution >= 4 is 22.6 Å². The molecule has 2 aromatic carbocycles. The standard InChI is InChI=1S/C21H17N3O6/c22-10-17-16-9-14(30-13-4-2-1-3-5-13)6-7-15(16)20(28)19(24-17)21(29)23-12(11-25)8-18(26)27/h1-7,9,12,25,28H,8,11H2,(H,23,29)(H,26,27). The van der Waals surface area contributed by atoms with E-state index in [0.717, 1.165) is 0 Å². The number of aromatic nitrogens is 1. The molecule has 0 radical (unpaired) electrons. The predicted octanol–water partition coefficient (Wildman–Crippen LogP) is 2.17. The second-order valence-electron chi connectivity index (χ2n) is 6.34. The summed E-state index contributed by atoms with van der Waals surface area (Å²) in [5.74, 6) is -1.60. The van der Waals surface area contributed by atoms with Crippen molar-refractivity contribution in [1.29, 1.82) is 5.26 Å². The number of carboxylic acid groups (broad SMARTS) is 1. The maximum Gasteiger partial charge on any atom is 0.305 e. The lowest BCUT2D eigenvalue weighted by Gasteiger charge is -2.15. The Morgan fingerprint density at radius 2 is 1.87 bits per heavy atom. The highest BCUT2D eigenvalue weighted by Crippen LogP contribution is 2.33. The first kappa shape index (κ1) is 20.6. The summed E-state index contributed by atoms with van der Waals surface area (Å²) in [6.45, 7) is -0.613. The van der Waals surface area contributed by atoms with E-state index in [4.69, 9.17) is 9.84 Å². The number of fused-ring (bicyclic) bond motifs is 1. The average Bonchev–Trinajstić information content (AvgIpc) is 2.74. The number of nitriles is 1. The highest BCUT2D eigenvalue weighted by molar-refractivity contribution is 6.03. The summed E-state index contributed by atoms with van der Waals surface area (Å²) in [7, 11) is 0. The Balaban J connectivity index is 1.97. The summed E-state index contributed by atoms with van der Waals surface area (Å²) in [6.07, 6.45) is -0.512. The predicted molar refractivity (Wildman–Crippen MR) is 105 cm³/mol. The zero-order valence-electron chi connectivity index (χ0n) is 15.6. The number of carbonyl (C=O) groups is 2. The minimum atomic E-state index is -1.21. The van der Waals surface area contributed by atoms with Gasteiger partial charge < -0.3 is 25.4 Å². The summed E-state index contributed by atoms with van der Waals surface area (Å²) in [6, 6.07) is 14.4. The minimum absolute atomic E-state index is 0.120. The Kier molecular flexibility index (Phi) is 6.10. The van der Waals surface area contributed by atoms with Crippen molar-refractivity contribution in [3.05, 3.63) is 59.9 Å². The molecule has 9 nitrogen and oxygen atoms in total. The molecular weight excluding hydrogens is 390 g/mol. The highest BCUT2D eigenvalue weighted by atomic mass is 16.5. The number of aliphatic carboxylic acids is 1. The molecule has 0 aliphatic heterocycles. The van der Waals surface area contributed by atoms with Crippen molar-refractivity contribution in [2.45, 2.75) is 12.5 Å². The molecule has 9 heteroatoms. The number of hydrogen-bond acceptors (Lipinski definition) is 7. The Morgan fingerprint density at radius 3 is 2.50 bits per heavy atom. The second kappa shape index (κ2) is 8.89. The van der Waals surface area contributed by atoms with Crippen molar-refractivity contribution in [3.8, 4) is 23.3 Å². The number of aliphatic hydroxyl groups is 1. The molecule has 0 saturated heterocycles. The molecule has 4 N–H and O–H groups in total. The summed E-state index contributed by atoms with van der Waals surface area (Å²) >= 11 is 0. The summed E-state index contributed by atoms with van der Waals surface area (Å²) in [5, 5.41) is 40.8. The number of para-hydroxylation sites is 1. The molecule has 1 atom stereocenters. The Bertz CT molecular complexity index is 1140. The number of nitrogens with one attached hydrogen (secondary N) is 1. The van der Waals surface area contributed by atoms with Crippen LogP contribution in [0.3, 0.4) is 0 Å². The van der Waals surface area contributed by atoms with Gasteiger partial charge in [0.05, 0.1) is 19.1 Å². The summed E-state index contributed by atoms with van der Waals surface area (Å²) in [5.41, 5.74) is -0.565. The lowest BCUT2D eigenvalue weighted by atomic mass is 10.1. The van der Waals surface area contributed by atoms with Crippen molar-refractivity contribution < 1.29 is 29.6 Å². The van der Waals surface area contributed by atoms with E-state index in [2.05, 4.69) is 10.3 Å². The largest absolute Gasteiger partial charge is 0.505 e. The SMILES string of the molecule is N#Cc1nc(C(=O)NC(CO)CC(=O)O)c(O)c2ccc(Oc3ccccc3)cc12. The topological polar surface area (TPSA) is 153 Å². The Labute approximate surface area is 170 Å². The first-order chi connectivity index (χ1) is 14.4. The van der Waals surface area contributed by atoms with Crippen LogP contribution in [-0.4, -0.2) is 44.8 Å². The van der Waals surface area contributed by atoms with E-state index < -0.39 is 42.4 Å². The molecule has 0 fully saturated rings. The molecular formula is C21H17N3O6. The summed E-state index contributed by atoms with van der Waals surface area (Å²) < 4.78 is 5.73. The van der Waals surface area contributed by atoms with Gasteiger partial charge in [-0.3, -0.25) is 9.59 Å². The molecule has 30 heavy (non-hydrogen) atoms. The van der Waals surface area contributed by atoms with Gasteiger partial charge in [0.1, 0.15) is 23.3 Å². The molecule has 152 valence electrons. The van der Waals surface area contributed by atoms with Gasteiger partial charge in [-0.2, -0.15) is 5.26 Å². The monoisotopic (exact) mass is 407 g/mol. The van der Waals surface area contributed by atoms with Crippen LogP contribution in [0.25, 0.3) is 10.8 Å². The van der Waals surface area contributed by atoms with Crippen LogP contribution < -0.4 is 10.1 Å². The van der Waals surface area contributed by atoms with Gasteiger partial charge in [0, 0.05) is 10.8 Å². The van der Waals surface area contributed by atoms with Gasteiger partial charge in [-0.05, 0) is 30.3 Å². The quantitative estimate of drug-likeness (QED) is 0.465. The van der Waals surface area contributed by atoms with Crippen LogP contribution in [0.5, 0.6) is 17.2 Å². The van der Waals surface area contributed by atoms with Gasteiger partial charge in [-0.1, -0.05) is 18.2 Å². The van der Waals surface area contributed by atoms with Crippen molar-refractivity contribution in [1.82, 2.24) is 10.3 Å². The number of ether oxygens (including phenoxy) is 1. The van der Waals surface area contributed by atoms with E-state index in [1.54, 1.807) is 30.3 Å². The number of nitrogens with zero attached hydrogens (tertiary/aromatic N) is 2. The normalized spacial score (nSPS) is 11.5. The number of hydrogen-bond donors (Lipinski definition) is 4. The number of benzene rings is 2. The van der Waals surface area contributed by atoms with E-state index in [1.165, 1.54) is 12.1 Å². The Hall–Kier alpha value is -4.16. The molecule has 0 saturated carbocycles. The zero-order valence-corrected chi connectivity index (χ0v) is 15.6. The van der Waals surface area contributed by atoms with Gasteiger partial charge in [0.15, 0.2) is 11.4 Å². The van der Waals surface area contributed by atoms with Crippen molar-refractivity contribution in [2.24, 2.45) is 0 Å². The van der Waals surface area contributed by atoms with Crippen LogP contribution in [0.2, 0.25) is 0 Å². The fraction of sp³-hybridized carbons (Fsp3) is 0.143. The van der Waals surface area contributed by atoms with Crippen LogP contribution in [0, 0.1) is 11.3 Å². The van der Waals surface area contributed by atoms with Crippen LogP contribution >= 0.6 is 0 Å². The van der Waals surface area contributed by atoms with Gasteiger partial charge in [-0.25, -0.2) is 4.98 Å². The lowest BCUT2D eigenvalue weighted by molar-refractivity contribution is -0.137. The lowest BCUT2D eigenvalue weighted by Crippen LogP contribution is -2.39. The fourth-order valence-electron chi connectivity index (χ4n) is 2.84. The average molecular weight is 407 g/mol. The molecule has 1 unspecified atom stereocenters. The molecule has 0 spiro atoms. The number of aromatic hydroxyl groups is 1. The second-order valence-corrected chi connectivity index (χ2v) is 6.34. The van der Waals surface area contributed by atoms with Gasteiger partial charge >= 0.3 is 5.97 Å². The fourth-order valence-corrected chi connectivity index (χ4v) is 2.84. The van der Waals surface area contributed by atoms with Crippen LogP contribution in [0.15, 0.2) is 48.5 Å². The minimum Gasteiger partial charge on any atom is -0.505 e. The molecule has 1 amide bonds. The van der Waals surface area contributed by atoms with Gasteiger partial charge in [0.25, 0.3) is 5.91 Å². The summed E-state index contributed by atoms with van der Waals surface area (Å²) in [4.78, 5) is 27.2. The first-order valence-electron chi connectivity index (χ1n) is 8.86. The first-order valence-corrected chi connectivity index (χ1v) is 8.86. The maximum absolute atomic E-state index is 12.5. The molecule has 0 aliphatic carbocycles. The van der Waals surface area contributed by atoms with E-state index in [-0.39, 0.29) is 16.5 Å². The van der Waals surface area contributed by atoms with Crippen molar-refractivity contribution in [2.75, 3.05) is 6.61 Å². The number of aliphatic hydroxyl groups excluding tert-OH is 1. The number of amides is 1. The van der Waals surface area contributed by atoms with E-state index in [9.17, 15) is 25.1 Å². The van der Waals surface area contributed by atoms with E-state index in [0.29, 0.717) is 11.5 Å². The molecule has 0 aliphatic rings. The molecule has 1 aromatic heterocycles. The van der Waals surface area contributed by atoms with Crippen LogP contribution in [-0.2, 0) is 4.79 Å². The van der Waals surface area contributed by atoms with Crippen molar-refractivity contribution in [3.63, 3.8) is 0 Å². The smallest absolute Gasteiger partial charge is 0.305 e. The van der Waals surface area contributed by atoms with E-state index >= 15 is 0 Å². The zero-order chi connectivity index (χ0) is 21.7.